The van der Waals surface area contributed by atoms with Crippen LogP contribution in [0.15, 0.2) is 24.3 Å². The molecule has 0 saturated carbocycles. The highest BCUT2D eigenvalue weighted by molar-refractivity contribution is 7.90. The highest BCUT2D eigenvalue weighted by atomic mass is 32.2. The second-order valence-electron chi connectivity index (χ2n) is 4.57. The molecule has 18 heavy (non-hydrogen) atoms. The Kier molecular flexibility index (Phi) is 5.75. The van der Waals surface area contributed by atoms with E-state index in [-0.39, 0.29) is 17.6 Å². The average Bonchev–Trinajstić information content (AvgIpc) is 2.27. The van der Waals surface area contributed by atoms with Crippen LogP contribution in [0.2, 0.25) is 0 Å². The smallest absolute Gasteiger partial charge is 0.148 e. The third kappa shape index (κ3) is 6.12. The summed E-state index contributed by atoms with van der Waals surface area (Å²) in [7, 11) is -3.02. The van der Waals surface area contributed by atoms with Crippen LogP contribution in [0.1, 0.15) is 18.9 Å². The van der Waals surface area contributed by atoms with Gasteiger partial charge in [0.1, 0.15) is 15.7 Å². The van der Waals surface area contributed by atoms with Crippen molar-refractivity contribution in [1.29, 1.82) is 0 Å². The maximum atomic E-state index is 12.8. The second-order valence-corrected chi connectivity index (χ2v) is 6.76. The Morgan fingerprint density at radius 3 is 2.39 bits per heavy atom. The van der Waals surface area contributed by atoms with Crippen LogP contribution in [-0.4, -0.2) is 33.0 Å². The van der Waals surface area contributed by atoms with E-state index in [0.717, 1.165) is 18.5 Å². The van der Waals surface area contributed by atoms with Crippen molar-refractivity contribution in [1.82, 2.24) is 5.32 Å². The highest BCUT2D eigenvalue weighted by Crippen LogP contribution is 2.07. The van der Waals surface area contributed by atoms with Gasteiger partial charge in [-0.05, 0) is 37.1 Å². The third-order valence-corrected chi connectivity index (χ3v) is 3.59. The van der Waals surface area contributed by atoms with Crippen LogP contribution in [0.4, 0.5) is 4.39 Å². The lowest BCUT2D eigenvalue weighted by molar-refractivity contribution is 0.529. The van der Waals surface area contributed by atoms with Crippen LogP contribution >= 0.6 is 0 Å². The second kappa shape index (κ2) is 6.85. The van der Waals surface area contributed by atoms with Crippen molar-refractivity contribution in [2.75, 3.05) is 18.6 Å². The first-order valence-corrected chi connectivity index (χ1v) is 8.12. The molecule has 0 aliphatic carbocycles. The number of rotatable bonds is 7. The Bertz CT molecular complexity index is 456. The van der Waals surface area contributed by atoms with Crippen LogP contribution in [-0.2, 0) is 16.3 Å². The number of halogens is 1. The molecule has 102 valence electrons. The molecule has 0 spiro atoms. The standard InChI is InChI=1S/C13H20FNO2S/c1-3-8-15-13(10-18(2,16)17)9-11-4-6-12(14)7-5-11/h4-7,13,15H,3,8-10H2,1-2H3. The fourth-order valence-electron chi connectivity index (χ4n) is 1.81. The van der Waals surface area contributed by atoms with Gasteiger partial charge < -0.3 is 5.32 Å². The van der Waals surface area contributed by atoms with Gasteiger partial charge in [-0.15, -0.1) is 0 Å². The van der Waals surface area contributed by atoms with E-state index in [9.17, 15) is 12.8 Å². The zero-order valence-corrected chi connectivity index (χ0v) is 11.6. The molecule has 0 amide bonds. The summed E-state index contributed by atoms with van der Waals surface area (Å²) in [6.07, 6.45) is 2.77. The third-order valence-electron chi connectivity index (χ3n) is 2.58. The summed E-state index contributed by atoms with van der Waals surface area (Å²) in [5, 5.41) is 3.22. The van der Waals surface area contributed by atoms with E-state index < -0.39 is 9.84 Å². The molecule has 0 heterocycles. The quantitative estimate of drug-likeness (QED) is 0.823. The minimum absolute atomic E-state index is 0.102. The molecule has 1 N–H and O–H groups in total. The summed E-state index contributed by atoms with van der Waals surface area (Å²) in [6.45, 7) is 2.81. The lowest BCUT2D eigenvalue weighted by Crippen LogP contribution is -2.37. The number of nitrogens with one attached hydrogen (secondary N) is 1. The van der Waals surface area contributed by atoms with Gasteiger partial charge in [0, 0.05) is 12.3 Å². The van der Waals surface area contributed by atoms with Crippen molar-refractivity contribution in [2.45, 2.75) is 25.8 Å². The molecular formula is C13H20FNO2S. The summed E-state index contributed by atoms with van der Waals surface area (Å²) < 4.78 is 35.5. The Labute approximate surface area is 108 Å². The van der Waals surface area contributed by atoms with Gasteiger partial charge in [-0.1, -0.05) is 19.1 Å². The number of sulfone groups is 1. The molecule has 5 heteroatoms. The molecule has 0 aromatic heterocycles. The van der Waals surface area contributed by atoms with Crippen LogP contribution in [0.25, 0.3) is 0 Å². The lowest BCUT2D eigenvalue weighted by Gasteiger charge is -2.17. The molecule has 0 aliphatic rings. The van der Waals surface area contributed by atoms with E-state index in [1.165, 1.54) is 18.4 Å². The van der Waals surface area contributed by atoms with E-state index in [1.54, 1.807) is 12.1 Å². The van der Waals surface area contributed by atoms with E-state index in [2.05, 4.69) is 5.32 Å². The van der Waals surface area contributed by atoms with Gasteiger partial charge in [0.25, 0.3) is 0 Å². The van der Waals surface area contributed by atoms with Crippen molar-refractivity contribution in [3.63, 3.8) is 0 Å². The van der Waals surface area contributed by atoms with E-state index in [4.69, 9.17) is 0 Å². The number of benzene rings is 1. The van der Waals surface area contributed by atoms with Gasteiger partial charge in [0.05, 0.1) is 5.75 Å². The predicted molar refractivity (Wildman–Crippen MR) is 71.9 cm³/mol. The van der Waals surface area contributed by atoms with Crippen LogP contribution in [0, 0.1) is 5.82 Å². The average molecular weight is 273 g/mol. The van der Waals surface area contributed by atoms with Gasteiger partial charge in [-0.3, -0.25) is 0 Å². The van der Waals surface area contributed by atoms with Crippen LogP contribution in [0.5, 0.6) is 0 Å². The van der Waals surface area contributed by atoms with Gasteiger partial charge >= 0.3 is 0 Å². The van der Waals surface area contributed by atoms with Crippen molar-refractivity contribution in [2.24, 2.45) is 0 Å². The summed E-state index contributed by atoms with van der Waals surface area (Å²) in [5.41, 5.74) is 0.939. The Morgan fingerprint density at radius 2 is 1.89 bits per heavy atom. The monoisotopic (exact) mass is 273 g/mol. The zero-order valence-electron chi connectivity index (χ0n) is 10.8. The molecule has 0 saturated heterocycles. The summed E-state index contributed by atoms with van der Waals surface area (Å²) in [5.74, 6) is -0.176. The van der Waals surface area contributed by atoms with Crippen molar-refractivity contribution in [3.8, 4) is 0 Å². The maximum Gasteiger partial charge on any atom is 0.148 e. The molecule has 1 unspecified atom stereocenters. The first kappa shape index (κ1) is 15.1. The Morgan fingerprint density at radius 1 is 1.28 bits per heavy atom. The Hall–Kier alpha value is -0.940. The van der Waals surface area contributed by atoms with E-state index in [0.29, 0.717) is 6.42 Å². The molecule has 0 bridgehead atoms. The van der Waals surface area contributed by atoms with E-state index >= 15 is 0 Å². The maximum absolute atomic E-state index is 12.8. The normalized spacial score (nSPS) is 13.5. The lowest BCUT2D eigenvalue weighted by atomic mass is 10.1. The summed E-state index contributed by atoms with van der Waals surface area (Å²) in [6, 6.07) is 6.06. The van der Waals surface area contributed by atoms with Crippen molar-refractivity contribution in [3.05, 3.63) is 35.6 Å². The fraction of sp³-hybridized carbons (Fsp3) is 0.538. The molecule has 1 aromatic carbocycles. The van der Waals surface area contributed by atoms with Gasteiger partial charge in [0.15, 0.2) is 0 Å². The van der Waals surface area contributed by atoms with Crippen LogP contribution in [0.3, 0.4) is 0 Å². The fourth-order valence-corrected chi connectivity index (χ4v) is 2.78. The number of hydrogen-bond donors (Lipinski definition) is 1. The van der Waals surface area contributed by atoms with Crippen molar-refractivity contribution < 1.29 is 12.8 Å². The van der Waals surface area contributed by atoms with Crippen LogP contribution < -0.4 is 5.32 Å². The largest absolute Gasteiger partial charge is 0.313 e. The van der Waals surface area contributed by atoms with E-state index in [1.807, 2.05) is 6.92 Å². The SMILES string of the molecule is CCCNC(Cc1ccc(F)cc1)CS(C)(=O)=O. The highest BCUT2D eigenvalue weighted by Gasteiger charge is 2.15. The minimum Gasteiger partial charge on any atom is -0.313 e. The molecule has 3 nitrogen and oxygen atoms in total. The number of hydrogen-bond acceptors (Lipinski definition) is 3. The predicted octanol–water partition coefficient (Wildman–Crippen LogP) is 1.78. The molecule has 0 fully saturated rings. The summed E-state index contributed by atoms with van der Waals surface area (Å²) in [4.78, 5) is 0. The first-order chi connectivity index (χ1) is 8.40. The van der Waals surface area contributed by atoms with Gasteiger partial charge in [0.2, 0.25) is 0 Å². The van der Waals surface area contributed by atoms with Gasteiger partial charge in [-0.25, -0.2) is 12.8 Å². The minimum atomic E-state index is -3.02. The molecule has 0 radical (unpaired) electrons. The molecule has 1 aromatic rings. The molecule has 0 aliphatic heterocycles. The summed E-state index contributed by atoms with van der Waals surface area (Å²) >= 11 is 0. The first-order valence-electron chi connectivity index (χ1n) is 6.06. The molecule has 1 atom stereocenters. The topological polar surface area (TPSA) is 46.2 Å². The van der Waals surface area contributed by atoms with Crippen molar-refractivity contribution >= 4 is 9.84 Å². The van der Waals surface area contributed by atoms with Gasteiger partial charge in [-0.2, -0.15) is 0 Å². The molecular weight excluding hydrogens is 253 g/mol. The molecule has 1 rings (SSSR count). The zero-order chi connectivity index (χ0) is 13.6. The Balaban J connectivity index is 2.68.